The summed E-state index contributed by atoms with van der Waals surface area (Å²) in [4.78, 5) is 28.6. The minimum absolute atomic E-state index is 0.00483. The number of thiophene rings is 1. The van der Waals surface area contributed by atoms with Crippen molar-refractivity contribution >= 4 is 28.8 Å². The Balaban J connectivity index is 1.55. The van der Waals surface area contributed by atoms with Gasteiger partial charge in [0.15, 0.2) is 0 Å². The fourth-order valence-electron chi connectivity index (χ4n) is 3.63. The van der Waals surface area contributed by atoms with Crippen LogP contribution in [0.1, 0.15) is 45.7 Å². The quantitative estimate of drug-likeness (QED) is 0.641. The molecule has 4 nitrogen and oxygen atoms in total. The van der Waals surface area contributed by atoms with Gasteiger partial charge in [0.25, 0.3) is 5.91 Å². The van der Waals surface area contributed by atoms with Gasteiger partial charge >= 0.3 is 0 Å². The average Bonchev–Trinajstić information content (AvgIpc) is 3.35. The molecule has 28 heavy (non-hydrogen) atoms. The molecule has 2 heterocycles. The van der Waals surface area contributed by atoms with E-state index in [1.807, 2.05) is 70.9 Å². The van der Waals surface area contributed by atoms with Crippen molar-refractivity contribution in [3.63, 3.8) is 0 Å². The summed E-state index contributed by atoms with van der Waals surface area (Å²) in [7, 11) is 0. The molecule has 0 radical (unpaired) electrons. The van der Waals surface area contributed by atoms with E-state index in [0.29, 0.717) is 6.54 Å². The molecule has 1 atom stereocenters. The molecule has 0 spiro atoms. The molecule has 1 aliphatic heterocycles. The molecule has 3 aromatic rings. The Hall–Kier alpha value is -2.92. The Bertz CT molecular complexity index is 997. The Kier molecular flexibility index (Phi) is 5.26. The fourth-order valence-corrected chi connectivity index (χ4v) is 4.47. The topological polar surface area (TPSA) is 49.4 Å². The second-order valence-corrected chi connectivity index (χ2v) is 7.91. The monoisotopic (exact) mass is 390 g/mol. The largest absolute Gasteiger partial charge is 0.326 e. The summed E-state index contributed by atoms with van der Waals surface area (Å²) < 4.78 is 0. The number of carbonyl (C=O) groups is 2. The lowest BCUT2D eigenvalue weighted by Crippen LogP contribution is -2.31. The molecular formula is C23H22N2O2S. The Morgan fingerprint density at radius 2 is 2.00 bits per heavy atom. The molecule has 0 aliphatic carbocycles. The highest BCUT2D eigenvalue weighted by molar-refractivity contribution is 7.10. The molecule has 0 fully saturated rings. The van der Waals surface area contributed by atoms with Crippen LogP contribution in [0.4, 0.5) is 5.69 Å². The molecule has 0 bridgehead atoms. The molecule has 1 aliphatic rings. The zero-order chi connectivity index (χ0) is 19.5. The third-order valence-electron chi connectivity index (χ3n) is 5.09. The summed E-state index contributed by atoms with van der Waals surface area (Å²) in [5.74, 6) is -0.0924. The van der Waals surface area contributed by atoms with Crippen LogP contribution in [0.5, 0.6) is 0 Å². The van der Waals surface area contributed by atoms with Crippen molar-refractivity contribution < 1.29 is 9.59 Å². The van der Waals surface area contributed by atoms with Gasteiger partial charge in [-0.3, -0.25) is 9.59 Å². The molecule has 2 amide bonds. The third-order valence-corrected chi connectivity index (χ3v) is 6.07. The standard InChI is InChI=1S/C23H22N2O2S/c1-2-16-7-5-9-18(13-16)24-22(26)14-20(21-11-6-12-28-21)25-15-17-8-3-4-10-19(17)23(25)27/h3-13,20H,2,14-15H2,1H3,(H,24,26). The number of carbonyl (C=O) groups excluding carboxylic acids is 2. The first-order valence-electron chi connectivity index (χ1n) is 9.46. The van der Waals surface area contributed by atoms with Gasteiger partial charge in [0.1, 0.15) is 0 Å². The molecular weight excluding hydrogens is 368 g/mol. The van der Waals surface area contributed by atoms with Gasteiger partial charge in [-0.05, 0) is 47.2 Å². The first kappa shape index (κ1) is 18.4. The zero-order valence-electron chi connectivity index (χ0n) is 15.7. The molecule has 1 N–H and O–H groups in total. The van der Waals surface area contributed by atoms with Gasteiger partial charge in [-0.2, -0.15) is 0 Å². The lowest BCUT2D eigenvalue weighted by atomic mass is 10.1. The molecule has 2 aromatic carbocycles. The average molecular weight is 391 g/mol. The van der Waals surface area contributed by atoms with Crippen LogP contribution in [-0.4, -0.2) is 16.7 Å². The van der Waals surface area contributed by atoms with E-state index >= 15 is 0 Å². The van der Waals surface area contributed by atoms with Crippen molar-refractivity contribution in [3.8, 4) is 0 Å². The second-order valence-electron chi connectivity index (χ2n) is 6.93. The number of amides is 2. The van der Waals surface area contributed by atoms with Gasteiger partial charge in [-0.25, -0.2) is 0 Å². The highest BCUT2D eigenvalue weighted by atomic mass is 32.1. The van der Waals surface area contributed by atoms with Crippen LogP contribution in [-0.2, 0) is 17.8 Å². The lowest BCUT2D eigenvalue weighted by Gasteiger charge is -2.26. The summed E-state index contributed by atoms with van der Waals surface area (Å²) in [6.07, 6.45) is 1.15. The van der Waals surface area contributed by atoms with Crippen LogP contribution >= 0.6 is 11.3 Å². The smallest absolute Gasteiger partial charge is 0.255 e. The fraction of sp³-hybridized carbons (Fsp3) is 0.217. The van der Waals surface area contributed by atoms with Crippen molar-refractivity contribution in [2.45, 2.75) is 32.4 Å². The number of nitrogens with one attached hydrogen (secondary N) is 1. The van der Waals surface area contributed by atoms with E-state index in [4.69, 9.17) is 0 Å². The van der Waals surface area contributed by atoms with Crippen molar-refractivity contribution in [3.05, 3.63) is 87.6 Å². The predicted octanol–water partition coefficient (Wildman–Crippen LogP) is 5.04. The van der Waals surface area contributed by atoms with Crippen molar-refractivity contribution in [2.24, 2.45) is 0 Å². The van der Waals surface area contributed by atoms with Crippen LogP contribution in [0.2, 0.25) is 0 Å². The van der Waals surface area contributed by atoms with Gasteiger partial charge in [0.2, 0.25) is 5.91 Å². The van der Waals surface area contributed by atoms with Crippen LogP contribution in [0, 0.1) is 0 Å². The predicted molar refractivity (Wildman–Crippen MR) is 112 cm³/mol. The van der Waals surface area contributed by atoms with E-state index in [1.54, 1.807) is 11.3 Å². The molecule has 142 valence electrons. The molecule has 0 saturated carbocycles. The molecule has 5 heteroatoms. The maximum absolute atomic E-state index is 13.0. The van der Waals surface area contributed by atoms with Crippen molar-refractivity contribution in [2.75, 3.05) is 5.32 Å². The minimum Gasteiger partial charge on any atom is -0.326 e. The maximum atomic E-state index is 13.0. The van der Waals surface area contributed by atoms with E-state index in [1.165, 1.54) is 5.56 Å². The van der Waals surface area contributed by atoms with E-state index in [9.17, 15) is 9.59 Å². The van der Waals surface area contributed by atoms with Crippen LogP contribution in [0.15, 0.2) is 66.0 Å². The molecule has 1 aromatic heterocycles. The SMILES string of the molecule is CCc1cccc(NC(=O)CC(c2cccs2)N2Cc3ccccc3C2=O)c1. The summed E-state index contributed by atoms with van der Waals surface area (Å²) in [5, 5.41) is 4.98. The lowest BCUT2D eigenvalue weighted by molar-refractivity contribution is -0.117. The molecule has 1 unspecified atom stereocenters. The van der Waals surface area contributed by atoms with Gasteiger partial charge in [-0.1, -0.05) is 43.3 Å². The van der Waals surface area contributed by atoms with Crippen LogP contribution < -0.4 is 5.32 Å². The first-order valence-corrected chi connectivity index (χ1v) is 10.3. The first-order chi connectivity index (χ1) is 13.7. The summed E-state index contributed by atoms with van der Waals surface area (Å²) >= 11 is 1.58. The van der Waals surface area contributed by atoms with Crippen LogP contribution in [0.25, 0.3) is 0 Å². The number of benzene rings is 2. The Labute approximate surface area is 168 Å². The van der Waals surface area contributed by atoms with Crippen molar-refractivity contribution in [1.82, 2.24) is 4.90 Å². The number of anilines is 1. The number of aryl methyl sites for hydroxylation is 1. The third kappa shape index (κ3) is 3.71. The van der Waals surface area contributed by atoms with Gasteiger partial charge < -0.3 is 10.2 Å². The second kappa shape index (κ2) is 7.98. The highest BCUT2D eigenvalue weighted by Crippen LogP contribution is 2.35. The van der Waals surface area contributed by atoms with Gasteiger partial charge in [0.05, 0.1) is 12.5 Å². The maximum Gasteiger partial charge on any atom is 0.255 e. The number of nitrogens with zero attached hydrogens (tertiary/aromatic N) is 1. The minimum atomic E-state index is -0.269. The Morgan fingerprint density at radius 3 is 2.75 bits per heavy atom. The van der Waals surface area contributed by atoms with Gasteiger partial charge in [0, 0.05) is 22.7 Å². The summed E-state index contributed by atoms with van der Waals surface area (Å²) in [6.45, 7) is 2.63. The number of hydrogen-bond donors (Lipinski definition) is 1. The normalized spacial score (nSPS) is 14.0. The van der Waals surface area contributed by atoms with E-state index in [-0.39, 0.29) is 24.3 Å². The molecule has 4 rings (SSSR count). The summed E-state index contributed by atoms with van der Waals surface area (Å²) in [5.41, 5.74) is 3.73. The van der Waals surface area contributed by atoms with Gasteiger partial charge in [-0.15, -0.1) is 11.3 Å². The van der Waals surface area contributed by atoms with Crippen molar-refractivity contribution in [1.29, 1.82) is 0 Å². The number of rotatable bonds is 6. The van der Waals surface area contributed by atoms with E-state index in [0.717, 1.165) is 28.1 Å². The van der Waals surface area contributed by atoms with Crippen LogP contribution in [0.3, 0.4) is 0 Å². The van der Waals surface area contributed by atoms with E-state index < -0.39 is 0 Å². The zero-order valence-corrected chi connectivity index (χ0v) is 16.5. The Morgan fingerprint density at radius 1 is 1.14 bits per heavy atom. The van der Waals surface area contributed by atoms with E-state index in [2.05, 4.69) is 12.2 Å². The number of hydrogen-bond acceptors (Lipinski definition) is 3. The molecule has 0 saturated heterocycles. The highest BCUT2D eigenvalue weighted by Gasteiger charge is 2.34. The summed E-state index contributed by atoms with van der Waals surface area (Å²) in [6, 6.07) is 19.2. The number of fused-ring (bicyclic) bond motifs is 1.